The number of aromatic nitrogens is 4. The van der Waals surface area contributed by atoms with Crippen molar-refractivity contribution < 1.29 is 33.0 Å². The number of fused-ring (bicyclic) bond motifs is 4. The van der Waals surface area contributed by atoms with E-state index in [-0.39, 0.29) is 31.2 Å². The van der Waals surface area contributed by atoms with E-state index < -0.39 is 12.7 Å². The van der Waals surface area contributed by atoms with Gasteiger partial charge in [0.1, 0.15) is 5.58 Å². The van der Waals surface area contributed by atoms with Gasteiger partial charge >= 0.3 is 0 Å². The number of pyridine rings is 2. The summed E-state index contributed by atoms with van der Waals surface area (Å²) in [4.78, 5) is 14.4. The molecule has 7 heteroatoms. The van der Waals surface area contributed by atoms with Gasteiger partial charge in [-0.25, -0.2) is 0 Å². The molecule has 0 atom stereocenters. The minimum Gasteiger partial charge on any atom is -0.501 e. The van der Waals surface area contributed by atoms with Crippen LogP contribution in [0.5, 0.6) is 0 Å². The van der Waals surface area contributed by atoms with Crippen LogP contribution in [-0.4, -0.2) is 19.5 Å². The Morgan fingerprint density at radius 1 is 0.737 bits per heavy atom. The molecule has 0 spiro atoms. The van der Waals surface area contributed by atoms with Crippen LogP contribution in [0.2, 0.25) is 0 Å². The van der Waals surface area contributed by atoms with Gasteiger partial charge in [0, 0.05) is 52.9 Å². The summed E-state index contributed by atoms with van der Waals surface area (Å²) < 4.78 is 44.3. The van der Waals surface area contributed by atoms with Gasteiger partial charge in [0.25, 0.3) is 0 Å². The normalized spacial score (nSPS) is 12.3. The summed E-state index contributed by atoms with van der Waals surface area (Å²) in [5, 5.41) is 2.16. The zero-order valence-corrected chi connectivity index (χ0v) is 35.0. The average molecular weight is 930 g/mol. The second kappa shape index (κ2) is 16.4. The van der Waals surface area contributed by atoms with Crippen molar-refractivity contribution in [3.05, 3.63) is 167 Å². The number of furan rings is 1. The first-order chi connectivity index (χ1) is 28.3. The largest absolute Gasteiger partial charge is 0.501 e. The summed E-state index contributed by atoms with van der Waals surface area (Å²) in [5.41, 5.74) is 12.6. The number of rotatable bonds is 6. The predicted octanol–water partition coefficient (Wildman–Crippen LogP) is 13.3. The molecule has 5 aromatic carbocycles. The Balaban J connectivity index is 0.000000241. The van der Waals surface area contributed by atoms with Gasteiger partial charge in [-0.15, -0.1) is 42.0 Å². The molecule has 1 radical (unpaired) electrons. The van der Waals surface area contributed by atoms with Crippen LogP contribution in [0.4, 0.5) is 4.39 Å². The summed E-state index contributed by atoms with van der Waals surface area (Å²) >= 11 is 0. The standard InChI is InChI=1S/C37H32N3O.C13H11FN.Ir/c1-22(2)26-16-11-17-27(23(3)4)35(26)40-32-21-31(25-13-7-6-8-14-25)38-24(5)34(32)39-37(40)30-19-12-18-29-28-15-9-10-20-33(28)41-36(29)30;1-9-3-5-11(12(14)7-9)13-6-4-10(2)8-15-13;/h6-18,20-23H,1-5H3;3-4,6-8H,1-2H3;/q2*-1;/i;1D3;. The maximum atomic E-state index is 13.8. The number of benzene rings is 5. The molecule has 4 aromatic heterocycles. The second-order valence-corrected chi connectivity index (χ2v) is 14.7. The molecule has 57 heavy (non-hydrogen) atoms. The van der Waals surface area contributed by atoms with Crippen molar-refractivity contribution in [1.29, 1.82) is 0 Å². The number of aryl methyl sites for hydroxylation is 3. The molecule has 0 bridgehead atoms. The zero-order valence-electron chi connectivity index (χ0n) is 35.6. The number of hydrogen-bond acceptors (Lipinski definition) is 4. The molecule has 0 amide bonds. The third-order valence-electron chi connectivity index (χ3n) is 10.1. The molecule has 0 aliphatic heterocycles. The van der Waals surface area contributed by atoms with Crippen LogP contribution in [0.15, 0.2) is 126 Å². The van der Waals surface area contributed by atoms with Gasteiger partial charge in [0.2, 0.25) is 0 Å². The topological polar surface area (TPSA) is 56.7 Å². The third-order valence-corrected chi connectivity index (χ3v) is 10.1. The Labute approximate surface area is 351 Å². The third kappa shape index (κ3) is 7.58. The molecule has 0 saturated carbocycles. The molecule has 0 fully saturated rings. The summed E-state index contributed by atoms with van der Waals surface area (Å²) in [6, 6.07) is 43.5. The van der Waals surface area contributed by atoms with Crippen molar-refractivity contribution >= 4 is 33.0 Å². The first kappa shape index (κ1) is 35.6. The molecular weight excluding hydrogens is 884 g/mol. The molecule has 0 saturated heterocycles. The van der Waals surface area contributed by atoms with Gasteiger partial charge < -0.3 is 14.0 Å². The van der Waals surface area contributed by atoms with E-state index in [1.807, 2.05) is 37.3 Å². The van der Waals surface area contributed by atoms with Crippen LogP contribution < -0.4 is 0 Å². The van der Waals surface area contributed by atoms with E-state index in [0.29, 0.717) is 17.5 Å². The van der Waals surface area contributed by atoms with E-state index in [1.165, 1.54) is 22.9 Å². The summed E-state index contributed by atoms with van der Waals surface area (Å²) in [6.45, 7) is 10.7. The smallest absolute Gasteiger partial charge is 0.120 e. The number of nitrogens with zero attached hydrogens (tertiary/aromatic N) is 4. The number of imidazole rings is 1. The van der Waals surface area contributed by atoms with Gasteiger partial charge in [0.15, 0.2) is 0 Å². The Morgan fingerprint density at radius 2 is 1.47 bits per heavy atom. The van der Waals surface area contributed by atoms with Crippen molar-refractivity contribution in [1.82, 2.24) is 19.5 Å². The first-order valence-corrected chi connectivity index (χ1v) is 18.9. The Bertz CT molecular complexity index is 2950. The van der Waals surface area contributed by atoms with Crippen LogP contribution in [0.25, 0.3) is 72.6 Å². The summed E-state index contributed by atoms with van der Waals surface area (Å²) in [7, 11) is 0. The van der Waals surface area contributed by atoms with Crippen LogP contribution >= 0.6 is 0 Å². The Kier molecular flexibility index (Phi) is 10.2. The molecule has 0 N–H and O–H groups in total. The maximum absolute atomic E-state index is 13.8. The molecule has 9 rings (SSSR count). The van der Waals surface area contributed by atoms with Crippen molar-refractivity contribution in [2.75, 3.05) is 0 Å². The van der Waals surface area contributed by atoms with E-state index >= 15 is 0 Å². The molecule has 9 aromatic rings. The number of hydrogen-bond donors (Lipinski definition) is 0. The van der Waals surface area contributed by atoms with E-state index in [1.54, 1.807) is 12.3 Å². The molecule has 0 aliphatic carbocycles. The number of para-hydroxylation sites is 2. The van der Waals surface area contributed by atoms with E-state index in [0.717, 1.165) is 72.9 Å². The van der Waals surface area contributed by atoms with Crippen LogP contribution in [0.3, 0.4) is 0 Å². The zero-order chi connectivity index (χ0) is 41.6. The van der Waals surface area contributed by atoms with Crippen LogP contribution in [0.1, 0.15) is 71.6 Å². The fourth-order valence-electron chi connectivity index (χ4n) is 7.29. The first-order valence-electron chi connectivity index (χ1n) is 20.4. The van der Waals surface area contributed by atoms with Gasteiger partial charge in [-0.1, -0.05) is 130 Å². The van der Waals surface area contributed by atoms with E-state index in [9.17, 15) is 4.39 Å². The van der Waals surface area contributed by atoms with Gasteiger partial charge in [-0.2, -0.15) is 0 Å². The van der Waals surface area contributed by atoms with Crippen molar-refractivity contribution in [2.24, 2.45) is 0 Å². The minimum atomic E-state index is -2.32. The Morgan fingerprint density at radius 3 is 2.16 bits per heavy atom. The predicted molar refractivity (Wildman–Crippen MR) is 227 cm³/mol. The maximum Gasteiger partial charge on any atom is 0.120 e. The van der Waals surface area contributed by atoms with E-state index in [4.69, 9.17) is 18.5 Å². The average Bonchev–Trinajstić information content (AvgIpc) is 3.80. The van der Waals surface area contributed by atoms with Crippen molar-refractivity contribution in [3.63, 3.8) is 0 Å². The van der Waals surface area contributed by atoms with Gasteiger partial charge in [-0.3, -0.25) is 14.4 Å². The van der Waals surface area contributed by atoms with Crippen LogP contribution in [-0.2, 0) is 20.1 Å². The molecule has 5 nitrogen and oxygen atoms in total. The molecule has 0 aliphatic rings. The Hall–Kier alpha value is -5.75. The van der Waals surface area contributed by atoms with Crippen molar-refractivity contribution in [3.8, 4) is 39.6 Å². The molecule has 287 valence electrons. The quantitative estimate of drug-likeness (QED) is 0.156. The van der Waals surface area contributed by atoms with E-state index in [2.05, 4.69) is 123 Å². The second-order valence-electron chi connectivity index (χ2n) is 14.7. The molecular formula is C50H43FIrN4O-2. The SMILES string of the molecule is Cc1nc(-c2ccccc2)cc2c1nc(-c1[c-]ccc3c1oc1ccccc13)n2-c1c(C(C)C)cccc1C(C)C.[2H]C([2H])([2H])c1c[c-]c(-c2ccc(C)cn2)c(F)c1.[Ir]. The summed E-state index contributed by atoms with van der Waals surface area (Å²) in [6.07, 6.45) is 1.63. The van der Waals surface area contributed by atoms with Gasteiger partial charge in [-0.05, 0) is 60.2 Å². The minimum absolute atomic E-state index is 0. The summed E-state index contributed by atoms with van der Waals surface area (Å²) in [5.74, 6) is 0.822. The number of halogens is 1. The molecule has 0 unspecified atom stereocenters. The van der Waals surface area contributed by atoms with Crippen LogP contribution in [0, 0.1) is 38.6 Å². The fourth-order valence-corrected chi connectivity index (χ4v) is 7.29. The fraction of sp³-hybridized carbons (Fsp3) is 0.180. The monoisotopic (exact) mass is 930 g/mol. The van der Waals surface area contributed by atoms with Crippen molar-refractivity contribution in [2.45, 2.75) is 60.2 Å². The van der Waals surface area contributed by atoms with Gasteiger partial charge in [0.05, 0.1) is 33.8 Å². The molecule has 4 heterocycles.